The molecule has 0 radical (unpaired) electrons. The minimum Gasteiger partial charge on any atom is -0.497 e. The maximum absolute atomic E-state index is 13.5. The van der Waals surface area contributed by atoms with Crippen LogP contribution in [0.2, 0.25) is 0 Å². The molecule has 4 N–H and O–H groups in total. The van der Waals surface area contributed by atoms with Gasteiger partial charge in [-0.25, -0.2) is 0 Å². The molecule has 2 fully saturated rings. The van der Waals surface area contributed by atoms with Crippen molar-refractivity contribution in [2.45, 2.75) is 69.2 Å². The van der Waals surface area contributed by atoms with Crippen LogP contribution in [0.1, 0.15) is 41.1 Å². The van der Waals surface area contributed by atoms with E-state index in [1.165, 1.54) is 11.1 Å². The normalized spacial score (nSPS) is 27.9. The standard InChI is InChI=1S/C33H39NO7/c1-20-6-8-21(9-7-20)4-3-5-26-29(34(33(26)39)24-14-16-25(40-2)17-15-24)23-12-10-22(11-13-23)18-27-30(36)32(38)31(37)28(19-35)41-27/h6-17,26-32,35-38H,3-5,18-19H2,1-2H3/t26-,27?,28-,29-,30+,31-,32-/m1/s1. The van der Waals surface area contributed by atoms with Gasteiger partial charge >= 0.3 is 0 Å². The van der Waals surface area contributed by atoms with Crippen LogP contribution in [0.3, 0.4) is 0 Å². The molecular weight excluding hydrogens is 522 g/mol. The Balaban J connectivity index is 1.32. The molecule has 0 bridgehead atoms. The number of methoxy groups -OCH3 is 1. The Bertz CT molecular complexity index is 1290. The quantitative estimate of drug-likeness (QED) is 0.281. The molecule has 0 spiro atoms. The van der Waals surface area contributed by atoms with Gasteiger partial charge in [0.25, 0.3) is 0 Å². The molecular formula is C33H39NO7. The molecule has 8 nitrogen and oxygen atoms in total. The second-order valence-corrected chi connectivity index (χ2v) is 11.1. The molecule has 7 atom stereocenters. The van der Waals surface area contributed by atoms with Gasteiger partial charge in [-0.3, -0.25) is 4.79 Å². The number of β-lactam (4-membered cyclic amide) rings is 1. The molecule has 2 heterocycles. The Labute approximate surface area is 240 Å². The monoisotopic (exact) mass is 561 g/mol. The number of amides is 1. The largest absolute Gasteiger partial charge is 0.497 e. The summed E-state index contributed by atoms with van der Waals surface area (Å²) in [6.45, 7) is 1.62. The zero-order valence-corrected chi connectivity index (χ0v) is 23.5. The molecule has 41 heavy (non-hydrogen) atoms. The fourth-order valence-corrected chi connectivity index (χ4v) is 5.95. The fourth-order valence-electron chi connectivity index (χ4n) is 5.95. The third kappa shape index (κ3) is 6.17. The van der Waals surface area contributed by atoms with Crippen LogP contribution >= 0.6 is 0 Å². The number of aryl methyl sites for hydroxylation is 2. The Kier molecular flexibility index (Phi) is 9.06. The Hall–Kier alpha value is -3.27. The highest BCUT2D eigenvalue weighted by molar-refractivity contribution is 6.03. The number of rotatable bonds is 10. The van der Waals surface area contributed by atoms with Crippen molar-refractivity contribution in [2.24, 2.45) is 5.92 Å². The minimum atomic E-state index is -1.40. The molecule has 2 saturated heterocycles. The maximum atomic E-state index is 13.5. The van der Waals surface area contributed by atoms with Crippen LogP contribution in [0.4, 0.5) is 5.69 Å². The van der Waals surface area contributed by atoms with Gasteiger partial charge in [0.1, 0.15) is 30.2 Å². The van der Waals surface area contributed by atoms with Gasteiger partial charge in [-0.1, -0.05) is 54.1 Å². The van der Waals surface area contributed by atoms with E-state index in [0.29, 0.717) is 6.42 Å². The van der Waals surface area contributed by atoms with Crippen LogP contribution in [-0.4, -0.2) is 70.6 Å². The van der Waals surface area contributed by atoms with E-state index < -0.39 is 37.1 Å². The molecule has 218 valence electrons. The van der Waals surface area contributed by atoms with Crippen molar-refractivity contribution in [1.29, 1.82) is 0 Å². The number of nitrogens with zero attached hydrogens (tertiary/aromatic N) is 1. The second kappa shape index (κ2) is 12.7. The summed E-state index contributed by atoms with van der Waals surface area (Å²) in [5, 5.41) is 40.2. The third-order valence-corrected chi connectivity index (χ3v) is 8.42. The van der Waals surface area contributed by atoms with Gasteiger partial charge in [-0.05, 0) is 67.1 Å². The highest BCUT2D eigenvalue weighted by atomic mass is 16.5. The van der Waals surface area contributed by atoms with Crippen LogP contribution in [0, 0.1) is 12.8 Å². The lowest BCUT2D eigenvalue weighted by atomic mass is 9.78. The number of carbonyl (C=O) groups is 1. The van der Waals surface area contributed by atoms with Gasteiger partial charge in [-0.15, -0.1) is 0 Å². The predicted octanol–water partition coefficient (Wildman–Crippen LogP) is 3.12. The SMILES string of the molecule is COc1ccc(N2C(=O)[C@H](CCCc3ccc(C)cc3)[C@H]2c2ccc(CC3O[C@H](CO)[C@@H](O)[C@H](O)[C@H]3O)cc2)cc1. The van der Waals surface area contributed by atoms with Gasteiger partial charge in [0.05, 0.1) is 31.8 Å². The first-order valence-corrected chi connectivity index (χ1v) is 14.2. The topological polar surface area (TPSA) is 120 Å². The average molecular weight is 562 g/mol. The van der Waals surface area contributed by atoms with Crippen molar-refractivity contribution in [1.82, 2.24) is 0 Å². The van der Waals surface area contributed by atoms with E-state index in [1.54, 1.807) is 7.11 Å². The number of anilines is 1. The van der Waals surface area contributed by atoms with Gasteiger partial charge in [0.2, 0.25) is 5.91 Å². The zero-order chi connectivity index (χ0) is 29.1. The van der Waals surface area contributed by atoms with E-state index in [0.717, 1.165) is 41.8 Å². The number of carbonyl (C=O) groups excluding carboxylic acids is 1. The zero-order valence-electron chi connectivity index (χ0n) is 23.5. The number of hydrogen-bond donors (Lipinski definition) is 4. The second-order valence-electron chi connectivity index (χ2n) is 11.1. The molecule has 1 amide bonds. The highest BCUT2D eigenvalue weighted by Gasteiger charge is 2.48. The number of aliphatic hydroxyl groups is 4. The van der Waals surface area contributed by atoms with Crippen molar-refractivity contribution in [3.8, 4) is 5.75 Å². The van der Waals surface area contributed by atoms with Crippen molar-refractivity contribution in [2.75, 3.05) is 18.6 Å². The third-order valence-electron chi connectivity index (χ3n) is 8.42. The number of aliphatic hydroxyl groups excluding tert-OH is 4. The number of benzene rings is 3. The van der Waals surface area contributed by atoms with Crippen LogP contribution in [-0.2, 0) is 22.4 Å². The van der Waals surface area contributed by atoms with Gasteiger partial charge in [0, 0.05) is 12.1 Å². The molecule has 0 saturated carbocycles. The predicted molar refractivity (Wildman–Crippen MR) is 155 cm³/mol. The summed E-state index contributed by atoms with van der Waals surface area (Å²) in [5.41, 5.74) is 5.20. The van der Waals surface area contributed by atoms with Gasteiger partial charge < -0.3 is 34.8 Å². The first kappa shape index (κ1) is 29.2. The molecule has 1 unspecified atom stereocenters. The van der Waals surface area contributed by atoms with Crippen molar-refractivity contribution < 1.29 is 34.7 Å². The lowest BCUT2D eigenvalue weighted by Crippen LogP contribution is -2.59. The Morgan fingerprint density at radius 2 is 1.46 bits per heavy atom. The number of ether oxygens (including phenoxy) is 2. The lowest BCUT2D eigenvalue weighted by molar-refractivity contribution is -0.228. The van der Waals surface area contributed by atoms with Gasteiger partial charge in [-0.2, -0.15) is 0 Å². The molecule has 8 heteroatoms. The molecule has 0 aliphatic carbocycles. The molecule has 2 aliphatic heterocycles. The summed E-state index contributed by atoms with van der Waals surface area (Å²) < 4.78 is 11.0. The van der Waals surface area contributed by atoms with E-state index in [9.17, 15) is 25.2 Å². The van der Waals surface area contributed by atoms with E-state index in [1.807, 2.05) is 53.4 Å². The van der Waals surface area contributed by atoms with Crippen molar-refractivity contribution in [3.05, 3.63) is 95.1 Å². The fraction of sp³-hybridized carbons (Fsp3) is 0.424. The minimum absolute atomic E-state index is 0.106. The summed E-state index contributed by atoms with van der Waals surface area (Å²) in [6, 6.07) is 23.8. The smallest absolute Gasteiger partial charge is 0.233 e. The van der Waals surface area contributed by atoms with Crippen LogP contribution in [0.5, 0.6) is 5.75 Å². The first-order chi connectivity index (χ1) is 19.8. The highest BCUT2D eigenvalue weighted by Crippen LogP contribution is 2.46. The van der Waals surface area contributed by atoms with E-state index in [4.69, 9.17) is 9.47 Å². The summed E-state index contributed by atoms with van der Waals surface area (Å²) >= 11 is 0. The Morgan fingerprint density at radius 3 is 2.10 bits per heavy atom. The molecule has 5 rings (SSSR count). The number of hydrogen-bond acceptors (Lipinski definition) is 7. The maximum Gasteiger partial charge on any atom is 0.233 e. The van der Waals surface area contributed by atoms with Crippen molar-refractivity contribution in [3.63, 3.8) is 0 Å². The summed E-state index contributed by atoms with van der Waals surface area (Å²) in [7, 11) is 1.61. The first-order valence-electron chi connectivity index (χ1n) is 14.2. The lowest BCUT2D eigenvalue weighted by Gasteiger charge is -2.48. The Morgan fingerprint density at radius 1 is 0.829 bits per heavy atom. The van der Waals surface area contributed by atoms with Crippen LogP contribution in [0.25, 0.3) is 0 Å². The van der Waals surface area contributed by atoms with E-state index in [2.05, 4.69) is 31.2 Å². The molecule has 0 aromatic heterocycles. The molecule has 2 aliphatic rings. The van der Waals surface area contributed by atoms with E-state index in [-0.39, 0.29) is 17.9 Å². The summed E-state index contributed by atoms with van der Waals surface area (Å²) in [6.07, 6.45) is -2.87. The van der Waals surface area contributed by atoms with E-state index >= 15 is 0 Å². The summed E-state index contributed by atoms with van der Waals surface area (Å²) in [4.78, 5) is 15.3. The van der Waals surface area contributed by atoms with Gasteiger partial charge in [0.15, 0.2) is 0 Å². The van der Waals surface area contributed by atoms with Crippen LogP contribution in [0.15, 0.2) is 72.8 Å². The average Bonchev–Trinajstić information content (AvgIpc) is 2.99. The summed E-state index contributed by atoms with van der Waals surface area (Å²) in [5.74, 6) is 0.693. The molecule has 3 aromatic rings. The molecule has 3 aromatic carbocycles. The van der Waals surface area contributed by atoms with Crippen molar-refractivity contribution >= 4 is 11.6 Å². The van der Waals surface area contributed by atoms with Crippen LogP contribution < -0.4 is 9.64 Å².